The molecule has 0 bridgehead atoms. The van der Waals surface area contributed by atoms with Gasteiger partial charge in [-0.05, 0) is 44.1 Å². The van der Waals surface area contributed by atoms with Gasteiger partial charge in [-0.3, -0.25) is 4.99 Å². The maximum atomic E-state index is 5.22. The van der Waals surface area contributed by atoms with Gasteiger partial charge in [0.25, 0.3) is 0 Å². The molecule has 0 saturated heterocycles. The number of nitrogens with zero attached hydrogens (tertiary/aromatic N) is 3. The van der Waals surface area contributed by atoms with Crippen LogP contribution >= 0.6 is 11.8 Å². The van der Waals surface area contributed by atoms with Crippen molar-refractivity contribution in [2.24, 2.45) is 4.99 Å². The van der Waals surface area contributed by atoms with Crippen molar-refractivity contribution in [1.82, 2.24) is 9.97 Å². The van der Waals surface area contributed by atoms with Gasteiger partial charge in [-0.1, -0.05) is 50.4 Å². The largest absolute Gasteiger partial charge is 0.369 e. The van der Waals surface area contributed by atoms with E-state index in [-0.39, 0.29) is 5.37 Å². The molecule has 5 heteroatoms. The SMILES string of the molecule is CCCCCNc1ncnc2c1S[C@@H]1N=C(CCCC)C3=C(CCC3)[C@@H]21. The highest BCUT2D eigenvalue weighted by Crippen LogP contribution is 2.55. The maximum Gasteiger partial charge on any atom is 0.143 e. The zero-order valence-corrected chi connectivity index (χ0v) is 16.9. The summed E-state index contributed by atoms with van der Waals surface area (Å²) in [6.45, 7) is 5.50. The van der Waals surface area contributed by atoms with Crippen LogP contribution in [-0.2, 0) is 0 Å². The fourth-order valence-electron chi connectivity index (χ4n) is 4.43. The third kappa shape index (κ3) is 3.30. The van der Waals surface area contributed by atoms with Gasteiger partial charge in [0.05, 0.1) is 16.5 Å². The van der Waals surface area contributed by atoms with Crippen molar-refractivity contribution in [1.29, 1.82) is 0 Å². The number of hydrogen-bond donors (Lipinski definition) is 1. The average molecular weight is 371 g/mol. The lowest BCUT2D eigenvalue weighted by Gasteiger charge is -2.26. The van der Waals surface area contributed by atoms with Gasteiger partial charge in [0, 0.05) is 12.3 Å². The molecule has 1 aromatic rings. The maximum absolute atomic E-state index is 5.22. The fraction of sp³-hybridized carbons (Fsp3) is 0.667. The number of dihydropyridines is 1. The molecule has 4 nitrogen and oxygen atoms in total. The Morgan fingerprint density at radius 3 is 2.85 bits per heavy atom. The molecule has 0 unspecified atom stereocenters. The van der Waals surface area contributed by atoms with E-state index >= 15 is 0 Å². The van der Waals surface area contributed by atoms with Crippen LogP contribution in [0.1, 0.15) is 83.2 Å². The van der Waals surface area contributed by atoms with Crippen molar-refractivity contribution in [3.05, 3.63) is 23.2 Å². The Morgan fingerprint density at radius 2 is 2.00 bits per heavy atom. The average Bonchev–Trinajstić information content (AvgIpc) is 3.27. The van der Waals surface area contributed by atoms with Crippen molar-refractivity contribution >= 4 is 23.3 Å². The smallest absolute Gasteiger partial charge is 0.143 e. The minimum atomic E-state index is 0.279. The highest BCUT2D eigenvalue weighted by atomic mass is 32.2. The van der Waals surface area contributed by atoms with Gasteiger partial charge in [-0.2, -0.15) is 0 Å². The second kappa shape index (κ2) is 8.12. The minimum Gasteiger partial charge on any atom is -0.369 e. The van der Waals surface area contributed by atoms with Crippen LogP contribution in [0, 0.1) is 0 Å². The second-order valence-corrected chi connectivity index (χ2v) is 8.72. The summed E-state index contributed by atoms with van der Waals surface area (Å²) in [5, 5.41) is 3.84. The molecule has 2 aliphatic heterocycles. The number of unbranched alkanes of at least 4 members (excludes halogenated alkanes) is 3. The fourth-order valence-corrected chi connectivity index (χ4v) is 5.81. The number of aromatic nitrogens is 2. The van der Waals surface area contributed by atoms with Crippen molar-refractivity contribution in [3.63, 3.8) is 0 Å². The van der Waals surface area contributed by atoms with Crippen molar-refractivity contribution < 1.29 is 0 Å². The first kappa shape index (κ1) is 18.0. The van der Waals surface area contributed by atoms with Crippen molar-refractivity contribution in [3.8, 4) is 0 Å². The van der Waals surface area contributed by atoms with E-state index in [1.54, 1.807) is 17.5 Å². The molecule has 2 atom stereocenters. The summed E-state index contributed by atoms with van der Waals surface area (Å²) in [6.07, 6.45) is 12.8. The predicted molar refractivity (Wildman–Crippen MR) is 110 cm³/mol. The van der Waals surface area contributed by atoms with Crippen molar-refractivity contribution in [2.75, 3.05) is 11.9 Å². The van der Waals surface area contributed by atoms with Gasteiger partial charge in [-0.15, -0.1) is 0 Å². The first-order valence-corrected chi connectivity index (χ1v) is 11.3. The second-order valence-electron chi connectivity index (χ2n) is 7.59. The number of nitrogens with one attached hydrogen (secondary N) is 1. The minimum absolute atomic E-state index is 0.279. The van der Waals surface area contributed by atoms with E-state index in [9.17, 15) is 0 Å². The molecule has 3 aliphatic rings. The molecule has 4 rings (SSSR count). The normalized spacial score (nSPS) is 23.5. The Labute approximate surface area is 161 Å². The van der Waals surface area contributed by atoms with Crippen LogP contribution in [0.25, 0.3) is 0 Å². The van der Waals surface area contributed by atoms with E-state index in [4.69, 9.17) is 9.98 Å². The summed E-state index contributed by atoms with van der Waals surface area (Å²) >= 11 is 1.89. The Morgan fingerprint density at radius 1 is 1.12 bits per heavy atom. The number of hydrogen-bond acceptors (Lipinski definition) is 5. The standard InChI is InChI=1S/C21H30N4S/c1-3-5-7-12-22-20-19-18(23-13-24-20)17-15-10-8-9-14(15)16(11-6-4-2)25-21(17)26-19/h13,17,21H,3-12H2,1-2H3,(H,22,23,24)/t17-,21-/m0/s1. The van der Waals surface area contributed by atoms with Crippen LogP contribution in [-0.4, -0.2) is 27.6 Å². The molecule has 0 spiro atoms. The third-order valence-corrected chi connectivity index (χ3v) is 7.01. The molecular formula is C21H30N4S. The quantitative estimate of drug-likeness (QED) is 0.595. The lowest BCUT2D eigenvalue weighted by molar-refractivity contribution is 0.693. The lowest BCUT2D eigenvalue weighted by atomic mass is 9.87. The van der Waals surface area contributed by atoms with E-state index in [1.807, 2.05) is 11.8 Å². The molecule has 0 aromatic carbocycles. The van der Waals surface area contributed by atoms with Gasteiger partial charge in [0.1, 0.15) is 17.5 Å². The van der Waals surface area contributed by atoms with Gasteiger partial charge in [0.15, 0.2) is 0 Å². The Hall–Kier alpha value is -1.36. The zero-order chi connectivity index (χ0) is 17.9. The van der Waals surface area contributed by atoms with Crippen LogP contribution in [0.4, 0.5) is 5.82 Å². The number of thioether (sulfide) groups is 1. The highest BCUT2D eigenvalue weighted by Gasteiger charge is 2.43. The monoisotopic (exact) mass is 370 g/mol. The molecule has 1 aromatic heterocycles. The van der Waals surface area contributed by atoms with Crippen LogP contribution in [0.5, 0.6) is 0 Å². The van der Waals surface area contributed by atoms with Crippen LogP contribution in [0.15, 0.2) is 27.4 Å². The summed E-state index contributed by atoms with van der Waals surface area (Å²) < 4.78 is 0. The third-order valence-electron chi connectivity index (χ3n) is 5.76. The zero-order valence-electron chi connectivity index (χ0n) is 16.1. The molecule has 140 valence electrons. The van der Waals surface area contributed by atoms with E-state index in [0.717, 1.165) is 18.8 Å². The molecule has 0 saturated carbocycles. The first-order valence-electron chi connectivity index (χ1n) is 10.4. The number of fused-ring (bicyclic) bond motifs is 4. The Balaban J connectivity index is 1.60. The topological polar surface area (TPSA) is 50.2 Å². The lowest BCUT2D eigenvalue weighted by Crippen LogP contribution is -2.21. The van der Waals surface area contributed by atoms with Crippen molar-refractivity contribution in [2.45, 2.75) is 87.8 Å². The summed E-state index contributed by atoms with van der Waals surface area (Å²) in [5.41, 5.74) is 5.83. The molecule has 3 heterocycles. The van der Waals surface area contributed by atoms with Gasteiger partial charge < -0.3 is 5.32 Å². The summed E-state index contributed by atoms with van der Waals surface area (Å²) in [7, 11) is 0. The predicted octanol–water partition coefficient (Wildman–Crippen LogP) is 5.72. The Kier molecular flexibility index (Phi) is 5.63. The van der Waals surface area contributed by atoms with E-state index in [0.29, 0.717) is 5.92 Å². The molecule has 1 N–H and O–H groups in total. The van der Waals surface area contributed by atoms with Crippen LogP contribution in [0.2, 0.25) is 0 Å². The van der Waals surface area contributed by atoms with E-state index < -0.39 is 0 Å². The summed E-state index contributed by atoms with van der Waals surface area (Å²) in [4.78, 5) is 15.7. The van der Waals surface area contributed by atoms with Gasteiger partial charge in [0.2, 0.25) is 0 Å². The van der Waals surface area contributed by atoms with Crippen LogP contribution in [0.3, 0.4) is 0 Å². The number of anilines is 1. The molecular weight excluding hydrogens is 340 g/mol. The van der Waals surface area contributed by atoms with E-state index in [2.05, 4.69) is 24.1 Å². The molecule has 0 fully saturated rings. The molecule has 0 amide bonds. The molecule has 0 radical (unpaired) electrons. The summed E-state index contributed by atoms with van der Waals surface area (Å²) in [5.74, 6) is 1.41. The number of rotatable bonds is 8. The highest BCUT2D eigenvalue weighted by molar-refractivity contribution is 8.00. The van der Waals surface area contributed by atoms with Gasteiger partial charge >= 0.3 is 0 Å². The number of aliphatic imine (C=N–C) groups is 1. The number of allylic oxidation sites excluding steroid dienone is 1. The first-order chi connectivity index (χ1) is 12.8. The summed E-state index contributed by atoms with van der Waals surface area (Å²) in [6, 6.07) is 0. The molecule has 26 heavy (non-hydrogen) atoms. The van der Waals surface area contributed by atoms with Crippen LogP contribution < -0.4 is 5.32 Å². The molecule has 1 aliphatic carbocycles. The van der Waals surface area contributed by atoms with Gasteiger partial charge in [-0.25, -0.2) is 9.97 Å². The Bertz CT molecular complexity index is 725. The van der Waals surface area contributed by atoms with E-state index in [1.165, 1.54) is 67.7 Å².